The molecule has 0 heterocycles. The Bertz CT molecular complexity index is 99.7. The minimum atomic E-state index is 0.583. The summed E-state index contributed by atoms with van der Waals surface area (Å²) in [5, 5.41) is 0. The Labute approximate surface area is 70.8 Å². The maximum Gasteiger partial charge on any atom is 0.0104 e. The van der Waals surface area contributed by atoms with Crippen molar-refractivity contribution in [2.24, 2.45) is 17.6 Å². The molecule has 2 unspecified atom stereocenters. The average molecular weight is 158 g/mol. The Morgan fingerprint density at radius 2 is 1.64 bits per heavy atom. The molecule has 2 heteroatoms. The zero-order chi connectivity index (χ0) is 9.02. The van der Waals surface area contributed by atoms with Crippen LogP contribution >= 0.6 is 0 Å². The molecule has 0 saturated carbocycles. The molecule has 0 aromatic heterocycles. The quantitative estimate of drug-likeness (QED) is 0.665. The Balaban J connectivity index is 4.02. The van der Waals surface area contributed by atoms with Gasteiger partial charge in [-0.15, -0.1) is 0 Å². The van der Waals surface area contributed by atoms with Crippen LogP contribution in [0, 0.1) is 11.8 Å². The van der Waals surface area contributed by atoms with Gasteiger partial charge in [0, 0.05) is 6.04 Å². The molecule has 0 saturated heterocycles. The van der Waals surface area contributed by atoms with Crippen LogP contribution in [0.4, 0.5) is 0 Å². The monoisotopic (exact) mass is 158 g/mol. The topological polar surface area (TPSA) is 29.3 Å². The number of rotatable bonds is 4. The summed E-state index contributed by atoms with van der Waals surface area (Å²) in [6.45, 7) is 7.49. The van der Waals surface area contributed by atoms with Crippen molar-refractivity contribution in [1.82, 2.24) is 4.90 Å². The van der Waals surface area contributed by atoms with Crippen molar-refractivity contribution in [3.63, 3.8) is 0 Å². The molecule has 11 heavy (non-hydrogen) atoms. The van der Waals surface area contributed by atoms with Gasteiger partial charge in [-0.25, -0.2) is 0 Å². The maximum absolute atomic E-state index is 5.69. The SMILES string of the molecule is CC(C)C(CN)C(C)N(C)C. The lowest BCUT2D eigenvalue weighted by atomic mass is 9.89. The number of nitrogens with two attached hydrogens (primary N) is 1. The van der Waals surface area contributed by atoms with E-state index in [1.807, 2.05) is 0 Å². The van der Waals surface area contributed by atoms with Crippen LogP contribution in [0.5, 0.6) is 0 Å². The summed E-state index contributed by atoms with van der Waals surface area (Å²) in [4.78, 5) is 2.23. The second-order valence-electron chi connectivity index (χ2n) is 3.85. The van der Waals surface area contributed by atoms with E-state index in [4.69, 9.17) is 5.73 Å². The summed E-state index contributed by atoms with van der Waals surface area (Å²) in [6, 6.07) is 0.583. The van der Waals surface area contributed by atoms with Gasteiger partial charge in [0.25, 0.3) is 0 Å². The first-order chi connectivity index (χ1) is 5.00. The van der Waals surface area contributed by atoms with Gasteiger partial charge >= 0.3 is 0 Å². The van der Waals surface area contributed by atoms with E-state index in [-0.39, 0.29) is 0 Å². The molecule has 0 fully saturated rings. The molecule has 0 aromatic rings. The van der Waals surface area contributed by atoms with E-state index < -0.39 is 0 Å². The molecule has 0 rings (SSSR count). The van der Waals surface area contributed by atoms with Crippen LogP contribution in [-0.4, -0.2) is 31.6 Å². The highest BCUT2D eigenvalue weighted by atomic mass is 15.1. The van der Waals surface area contributed by atoms with Gasteiger partial charge in [-0.3, -0.25) is 0 Å². The first kappa shape index (κ1) is 10.9. The fourth-order valence-corrected chi connectivity index (χ4v) is 1.41. The van der Waals surface area contributed by atoms with Crippen molar-refractivity contribution in [3.05, 3.63) is 0 Å². The Hall–Kier alpha value is -0.0800. The first-order valence-electron chi connectivity index (χ1n) is 4.37. The first-order valence-corrected chi connectivity index (χ1v) is 4.37. The molecule has 0 aromatic carbocycles. The smallest absolute Gasteiger partial charge is 0.0104 e. The van der Waals surface area contributed by atoms with Crippen molar-refractivity contribution in [1.29, 1.82) is 0 Å². The van der Waals surface area contributed by atoms with E-state index >= 15 is 0 Å². The summed E-state index contributed by atoms with van der Waals surface area (Å²) in [7, 11) is 4.21. The lowest BCUT2D eigenvalue weighted by Crippen LogP contribution is -2.39. The summed E-state index contributed by atoms with van der Waals surface area (Å²) in [6.07, 6.45) is 0. The Kier molecular flexibility index (Phi) is 4.69. The Morgan fingerprint density at radius 3 is 1.73 bits per heavy atom. The molecule has 2 nitrogen and oxygen atoms in total. The maximum atomic E-state index is 5.69. The van der Waals surface area contributed by atoms with Crippen LogP contribution in [-0.2, 0) is 0 Å². The number of hydrogen-bond acceptors (Lipinski definition) is 2. The van der Waals surface area contributed by atoms with Crippen molar-refractivity contribution in [2.75, 3.05) is 20.6 Å². The largest absolute Gasteiger partial charge is 0.330 e. The van der Waals surface area contributed by atoms with Gasteiger partial charge in [0.05, 0.1) is 0 Å². The van der Waals surface area contributed by atoms with Crippen LogP contribution in [0.3, 0.4) is 0 Å². The molecular formula is C9H22N2. The third-order valence-corrected chi connectivity index (χ3v) is 2.56. The predicted molar refractivity (Wildman–Crippen MR) is 50.5 cm³/mol. The molecule has 0 aliphatic carbocycles. The zero-order valence-electron chi connectivity index (χ0n) is 8.46. The summed E-state index contributed by atoms with van der Waals surface area (Å²) in [5.74, 6) is 1.29. The van der Waals surface area contributed by atoms with Gasteiger partial charge in [0.15, 0.2) is 0 Å². The summed E-state index contributed by atoms with van der Waals surface area (Å²) in [5.41, 5.74) is 5.69. The van der Waals surface area contributed by atoms with Crippen molar-refractivity contribution in [3.8, 4) is 0 Å². The van der Waals surface area contributed by atoms with Crippen LogP contribution in [0.1, 0.15) is 20.8 Å². The highest BCUT2D eigenvalue weighted by molar-refractivity contribution is 4.75. The third-order valence-electron chi connectivity index (χ3n) is 2.56. The predicted octanol–water partition coefficient (Wildman–Crippen LogP) is 1.17. The minimum Gasteiger partial charge on any atom is -0.330 e. The molecule has 2 N–H and O–H groups in total. The highest BCUT2D eigenvalue weighted by Crippen LogP contribution is 2.16. The normalized spacial score (nSPS) is 17.5. The molecular weight excluding hydrogens is 136 g/mol. The lowest BCUT2D eigenvalue weighted by molar-refractivity contribution is 0.190. The van der Waals surface area contributed by atoms with Crippen LogP contribution < -0.4 is 5.73 Å². The van der Waals surface area contributed by atoms with E-state index in [1.54, 1.807) is 0 Å². The van der Waals surface area contributed by atoms with E-state index in [0.717, 1.165) is 6.54 Å². The molecule has 0 spiro atoms. The second-order valence-corrected chi connectivity index (χ2v) is 3.85. The van der Waals surface area contributed by atoms with Gasteiger partial charge in [-0.2, -0.15) is 0 Å². The lowest BCUT2D eigenvalue weighted by Gasteiger charge is -2.31. The van der Waals surface area contributed by atoms with Gasteiger partial charge < -0.3 is 10.6 Å². The van der Waals surface area contributed by atoms with E-state index in [2.05, 4.69) is 39.8 Å². The van der Waals surface area contributed by atoms with Gasteiger partial charge in [0.2, 0.25) is 0 Å². The molecule has 0 aliphatic rings. The molecule has 0 amide bonds. The zero-order valence-corrected chi connectivity index (χ0v) is 8.46. The molecule has 0 bridgehead atoms. The van der Waals surface area contributed by atoms with Crippen molar-refractivity contribution in [2.45, 2.75) is 26.8 Å². The molecule has 0 radical (unpaired) electrons. The van der Waals surface area contributed by atoms with Crippen LogP contribution in [0.2, 0.25) is 0 Å². The minimum absolute atomic E-state index is 0.583. The summed E-state index contributed by atoms with van der Waals surface area (Å²) < 4.78 is 0. The van der Waals surface area contributed by atoms with E-state index in [0.29, 0.717) is 17.9 Å². The van der Waals surface area contributed by atoms with Crippen LogP contribution in [0.15, 0.2) is 0 Å². The van der Waals surface area contributed by atoms with Gasteiger partial charge in [-0.05, 0) is 39.4 Å². The van der Waals surface area contributed by atoms with Crippen LogP contribution in [0.25, 0.3) is 0 Å². The fraction of sp³-hybridized carbons (Fsp3) is 1.00. The molecule has 2 atom stereocenters. The average Bonchev–Trinajstić information content (AvgIpc) is 1.88. The molecule has 68 valence electrons. The van der Waals surface area contributed by atoms with E-state index in [1.165, 1.54) is 0 Å². The van der Waals surface area contributed by atoms with Gasteiger partial charge in [-0.1, -0.05) is 13.8 Å². The number of nitrogens with zero attached hydrogens (tertiary/aromatic N) is 1. The standard InChI is InChI=1S/C9H22N2/c1-7(2)9(6-10)8(3)11(4)5/h7-9H,6,10H2,1-5H3. The van der Waals surface area contributed by atoms with Crippen molar-refractivity contribution < 1.29 is 0 Å². The molecule has 0 aliphatic heterocycles. The van der Waals surface area contributed by atoms with Gasteiger partial charge in [0.1, 0.15) is 0 Å². The summed E-state index contributed by atoms with van der Waals surface area (Å²) >= 11 is 0. The third kappa shape index (κ3) is 3.21. The fourth-order valence-electron chi connectivity index (χ4n) is 1.41. The van der Waals surface area contributed by atoms with E-state index in [9.17, 15) is 0 Å². The second kappa shape index (κ2) is 4.73. The highest BCUT2D eigenvalue weighted by Gasteiger charge is 2.20. The Morgan fingerprint density at radius 1 is 1.18 bits per heavy atom. The number of hydrogen-bond donors (Lipinski definition) is 1. The van der Waals surface area contributed by atoms with Crippen molar-refractivity contribution >= 4 is 0 Å².